The molecule has 0 saturated heterocycles. The van der Waals surface area contributed by atoms with E-state index in [0.717, 1.165) is 6.07 Å². The van der Waals surface area contributed by atoms with E-state index >= 15 is 0 Å². The Morgan fingerprint density at radius 1 is 1.45 bits per heavy atom. The number of halogens is 2. The van der Waals surface area contributed by atoms with Crippen LogP contribution >= 0.6 is 11.6 Å². The van der Waals surface area contributed by atoms with Gasteiger partial charge in [-0.2, -0.15) is 5.26 Å². The Balaban J connectivity index is 2.33. The predicted octanol–water partition coefficient (Wildman–Crippen LogP) is 2.70. The average molecular weight is 291 g/mol. The van der Waals surface area contributed by atoms with Gasteiger partial charge in [0.15, 0.2) is 0 Å². The molecule has 0 atom stereocenters. The van der Waals surface area contributed by atoms with Gasteiger partial charge in [-0.25, -0.2) is 9.37 Å². The molecule has 0 bridgehead atoms. The third-order valence-electron chi connectivity index (χ3n) is 2.56. The highest BCUT2D eigenvalue weighted by Gasteiger charge is 2.13. The first-order chi connectivity index (χ1) is 9.51. The standard InChI is InChI=1S/C13H8ClFN4O/c1-7-9(15)2-8(4-16)3-10(7)19-13(20)11-5-17-6-12(14)18-11/h2-3,5-6H,1H3,(H,19,20). The molecule has 5 nitrogen and oxygen atoms in total. The third kappa shape index (κ3) is 2.90. The van der Waals surface area contributed by atoms with Gasteiger partial charge in [0.25, 0.3) is 5.91 Å². The van der Waals surface area contributed by atoms with Crippen LogP contribution in [-0.4, -0.2) is 15.9 Å². The van der Waals surface area contributed by atoms with E-state index in [-0.39, 0.29) is 27.7 Å². The van der Waals surface area contributed by atoms with Gasteiger partial charge in [-0.15, -0.1) is 0 Å². The van der Waals surface area contributed by atoms with Gasteiger partial charge in [0.05, 0.1) is 24.0 Å². The van der Waals surface area contributed by atoms with Crippen molar-refractivity contribution >= 4 is 23.2 Å². The van der Waals surface area contributed by atoms with Crippen LogP contribution < -0.4 is 5.32 Å². The fourth-order valence-corrected chi connectivity index (χ4v) is 1.66. The Labute approximate surface area is 119 Å². The zero-order chi connectivity index (χ0) is 14.7. The second kappa shape index (κ2) is 5.63. The highest BCUT2D eigenvalue weighted by atomic mass is 35.5. The first kappa shape index (κ1) is 13.9. The van der Waals surface area contributed by atoms with Gasteiger partial charge in [0.2, 0.25) is 0 Å². The van der Waals surface area contributed by atoms with Gasteiger partial charge in [0.1, 0.15) is 16.7 Å². The van der Waals surface area contributed by atoms with Crippen LogP contribution in [0.4, 0.5) is 10.1 Å². The van der Waals surface area contributed by atoms with Gasteiger partial charge in [-0.05, 0) is 19.1 Å². The lowest BCUT2D eigenvalue weighted by Gasteiger charge is -2.09. The van der Waals surface area contributed by atoms with Crippen molar-refractivity contribution in [3.8, 4) is 6.07 Å². The Morgan fingerprint density at radius 3 is 2.85 bits per heavy atom. The minimum atomic E-state index is -0.586. The molecule has 0 spiro atoms. The smallest absolute Gasteiger partial charge is 0.275 e. The molecule has 1 aromatic carbocycles. The van der Waals surface area contributed by atoms with Crippen LogP contribution in [-0.2, 0) is 0 Å². The summed E-state index contributed by atoms with van der Waals surface area (Å²) < 4.78 is 13.6. The van der Waals surface area contributed by atoms with E-state index in [1.54, 1.807) is 0 Å². The van der Waals surface area contributed by atoms with E-state index < -0.39 is 11.7 Å². The molecule has 100 valence electrons. The van der Waals surface area contributed by atoms with Crippen molar-refractivity contribution < 1.29 is 9.18 Å². The Morgan fingerprint density at radius 2 is 2.20 bits per heavy atom. The number of rotatable bonds is 2. The first-order valence-corrected chi connectivity index (χ1v) is 5.88. The summed E-state index contributed by atoms with van der Waals surface area (Å²) in [7, 11) is 0. The van der Waals surface area contributed by atoms with Crippen LogP contribution in [0, 0.1) is 24.1 Å². The highest BCUT2D eigenvalue weighted by molar-refractivity contribution is 6.29. The van der Waals surface area contributed by atoms with Crippen LogP contribution in [0.3, 0.4) is 0 Å². The maximum atomic E-state index is 13.6. The number of aromatic nitrogens is 2. The zero-order valence-electron chi connectivity index (χ0n) is 10.3. The maximum Gasteiger partial charge on any atom is 0.275 e. The molecule has 0 aliphatic rings. The molecule has 7 heteroatoms. The Hall–Kier alpha value is -2.52. The van der Waals surface area contributed by atoms with Crippen molar-refractivity contribution in [2.45, 2.75) is 6.92 Å². The summed E-state index contributed by atoms with van der Waals surface area (Å²) >= 11 is 5.64. The van der Waals surface area contributed by atoms with Gasteiger partial charge in [0, 0.05) is 11.3 Å². The lowest BCUT2D eigenvalue weighted by atomic mass is 10.1. The molecular formula is C13H8ClFN4O. The van der Waals surface area contributed by atoms with E-state index in [4.69, 9.17) is 16.9 Å². The number of nitriles is 1. The van der Waals surface area contributed by atoms with E-state index in [1.165, 1.54) is 25.4 Å². The Kier molecular flexibility index (Phi) is 3.91. The molecule has 0 aliphatic carbocycles. The van der Waals surface area contributed by atoms with Crippen molar-refractivity contribution in [3.63, 3.8) is 0 Å². The number of hydrogen-bond acceptors (Lipinski definition) is 4. The topological polar surface area (TPSA) is 78.7 Å². The molecule has 1 aromatic heterocycles. The monoisotopic (exact) mass is 290 g/mol. The van der Waals surface area contributed by atoms with Crippen LogP contribution in [0.25, 0.3) is 0 Å². The van der Waals surface area contributed by atoms with Gasteiger partial charge in [-0.3, -0.25) is 9.78 Å². The molecule has 1 heterocycles. The highest BCUT2D eigenvalue weighted by Crippen LogP contribution is 2.21. The van der Waals surface area contributed by atoms with Crippen LogP contribution in [0.15, 0.2) is 24.5 Å². The fraction of sp³-hybridized carbons (Fsp3) is 0.0769. The molecule has 0 aliphatic heterocycles. The van der Waals surface area contributed by atoms with Crippen molar-refractivity contribution in [3.05, 3.63) is 52.3 Å². The van der Waals surface area contributed by atoms with Crippen molar-refractivity contribution in [2.75, 3.05) is 5.32 Å². The quantitative estimate of drug-likeness (QED) is 0.922. The second-order valence-electron chi connectivity index (χ2n) is 3.92. The molecule has 2 rings (SSSR count). The minimum Gasteiger partial charge on any atom is -0.320 e. The van der Waals surface area contributed by atoms with E-state index in [0.29, 0.717) is 0 Å². The lowest BCUT2D eigenvalue weighted by molar-refractivity contribution is 0.102. The number of carbonyl (C=O) groups is 1. The summed E-state index contributed by atoms with van der Waals surface area (Å²) in [6.45, 7) is 1.50. The molecule has 1 amide bonds. The number of nitrogens with zero attached hydrogens (tertiary/aromatic N) is 3. The molecule has 20 heavy (non-hydrogen) atoms. The molecule has 0 unspecified atom stereocenters. The summed E-state index contributed by atoms with van der Waals surface area (Å²) in [6.07, 6.45) is 2.53. The van der Waals surface area contributed by atoms with Gasteiger partial charge >= 0.3 is 0 Å². The van der Waals surface area contributed by atoms with Gasteiger partial charge in [-0.1, -0.05) is 11.6 Å². The van der Waals surface area contributed by atoms with Crippen molar-refractivity contribution in [2.24, 2.45) is 0 Å². The molecule has 2 aromatic rings. The first-order valence-electron chi connectivity index (χ1n) is 5.50. The van der Waals surface area contributed by atoms with Crippen LogP contribution in [0.1, 0.15) is 21.6 Å². The third-order valence-corrected chi connectivity index (χ3v) is 2.74. The number of benzene rings is 1. The summed E-state index contributed by atoms with van der Waals surface area (Å²) in [4.78, 5) is 19.5. The van der Waals surface area contributed by atoms with E-state index in [2.05, 4.69) is 15.3 Å². The average Bonchev–Trinajstić information content (AvgIpc) is 2.43. The normalized spacial score (nSPS) is 9.90. The number of nitrogens with one attached hydrogen (secondary N) is 1. The molecule has 0 radical (unpaired) electrons. The maximum absolute atomic E-state index is 13.6. The number of anilines is 1. The van der Waals surface area contributed by atoms with E-state index in [9.17, 15) is 9.18 Å². The second-order valence-corrected chi connectivity index (χ2v) is 4.31. The molecule has 0 saturated carbocycles. The Bertz CT molecular complexity index is 727. The summed E-state index contributed by atoms with van der Waals surface area (Å²) in [5.41, 5.74) is 0.543. The number of amides is 1. The SMILES string of the molecule is Cc1c(F)cc(C#N)cc1NC(=O)c1cncc(Cl)n1. The van der Waals surface area contributed by atoms with Crippen LogP contribution in [0.5, 0.6) is 0 Å². The summed E-state index contributed by atoms with van der Waals surface area (Å²) in [5.74, 6) is -1.16. The van der Waals surface area contributed by atoms with Crippen molar-refractivity contribution in [1.82, 2.24) is 9.97 Å². The molecule has 1 N–H and O–H groups in total. The zero-order valence-corrected chi connectivity index (χ0v) is 11.1. The van der Waals surface area contributed by atoms with Gasteiger partial charge < -0.3 is 5.32 Å². The lowest BCUT2D eigenvalue weighted by Crippen LogP contribution is -2.15. The van der Waals surface area contributed by atoms with Crippen LogP contribution in [0.2, 0.25) is 5.15 Å². The van der Waals surface area contributed by atoms with E-state index in [1.807, 2.05) is 6.07 Å². The molecule has 0 fully saturated rings. The number of hydrogen-bond donors (Lipinski definition) is 1. The number of carbonyl (C=O) groups excluding carboxylic acids is 1. The fourth-order valence-electron chi connectivity index (χ4n) is 1.51. The predicted molar refractivity (Wildman–Crippen MR) is 70.8 cm³/mol. The largest absolute Gasteiger partial charge is 0.320 e. The minimum absolute atomic E-state index is 0.000307. The van der Waals surface area contributed by atoms with Crippen molar-refractivity contribution in [1.29, 1.82) is 5.26 Å². The molecular weight excluding hydrogens is 283 g/mol. The summed E-state index contributed by atoms with van der Waals surface area (Å²) in [6, 6.07) is 4.30. The summed E-state index contributed by atoms with van der Waals surface area (Å²) in [5, 5.41) is 11.3.